The maximum absolute atomic E-state index is 3.88. The predicted molar refractivity (Wildman–Crippen MR) is 87.7 cm³/mol. The molecular formula is C20H23N. The molecule has 0 aromatic heterocycles. The molecule has 1 saturated carbocycles. The van der Waals surface area contributed by atoms with Gasteiger partial charge in [-0.05, 0) is 60.8 Å². The molecule has 2 aromatic rings. The molecule has 0 atom stereocenters. The number of hydrogen-bond donors (Lipinski definition) is 1. The zero-order valence-electron chi connectivity index (χ0n) is 12.7. The van der Waals surface area contributed by atoms with Gasteiger partial charge in [0.25, 0.3) is 0 Å². The Kier molecular flexibility index (Phi) is 3.31. The van der Waals surface area contributed by atoms with Crippen LogP contribution < -0.4 is 5.32 Å². The van der Waals surface area contributed by atoms with Gasteiger partial charge in [0.05, 0.1) is 0 Å². The average Bonchev–Trinajstić information content (AvgIpc) is 2.86. The van der Waals surface area contributed by atoms with Gasteiger partial charge in [-0.15, -0.1) is 0 Å². The van der Waals surface area contributed by atoms with Crippen LogP contribution in [0.15, 0.2) is 48.5 Å². The summed E-state index contributed by atoms with van der Waals surface area (Å²) in [5, 5.41) is 3.88. The van der Waals surface area contributed by atoms with E-state index in [2.05, 4.69) is 60.8 Å². The fourth-order valence-corrected chi connectivity index (χ4v) is 4.06. The summed E-state index contributed by atoms with van der Waals surface area (Å²) in [5.74, 6) is 0.771. The minimum atomic E-state index is 0.658. The van der Waals surface area contributed by atoms with Crippen molar-refractivity contribution in [1.82, 2.24) is 5.32 Å². The van der Waals surface area contributed by atoms with Crippen molar-refractivity contribution in [1.29, 1.82) is 0 Å². The second-order valence-electron chi connectivity index (χ2n) is 6.76. The van der Waals surface area contributed by atoms with E-state index in [1.165, 1.54) is 31.2 Å². The Hall–Kier alpha value is -1.60. The van der Waals surface area contributed by atoms with Crippen molar-refractivity contribution < 1.29 is 0 Å². The lowest BCUT2D eigenvalue weighted by molar-refractivity contribution is 0.266. The fourth-order valence-electron chi connectivity index (χ4n) is 4.06. The highest BCUT2D eigenvalue weighted by molar-refractivity contribution is 5.34. The normalized spacial score (nSPS) is 24.6. The molecule has 2 aliphatic carbocycles. The SMILES string of the molecule is Cc1ccccc1C1CC(NC2Cc3ccccc3C2)C1. The van der Waals surface area contributed by atoms with Crippen molar-refractivity contribution in [2.24, 2.45) is 0 Å². The molecule has 1 N–H and O–H groups in total. The summed E-state index contributed by atoms with van der Waals surface area (Å²) in [4.78, 5) is 0. The number of rotatable bonds is 3. The van der Waals surface area contributed by atoms with Crippen molar-refractivity contribution in [3.05, 3.63) is 70.8 Å². The monoisotopic (exact) mass is 277 g/mol. The van der Waals surface area contributed by atoms with Crippen LogP contribution in [0.5, 0.6) is 0 Å². The molecule has 0 heterocycles. The first-order valence-electron chi connectivity index (χ1n) is 8.18. The van der Waals surface area contributed by atoms with Crippen molar-refractivity contribution >= 4 is 0 Å². The van der Waals surface area contributed by atoms with Gasteiger partial charge in [0.15, 0.2) is 0 Å². The first kappa shape index (κ1) is 13.1. The van der Waals surface area contributed by atoms with E-state index in [0.717, 1.165) is 5.92 Å². The summed E-state index contributed by atoms with van der Waals surface area (Å²) in [6.07, 6.45) is 5.03. The molecule has 0 bridgehead atoms. The Morgan fingerprint density at radius 1 is 0.810 bits per heavy atom. The zero-order valence-corrected chi connectivity index (χ0v) is 12.7. The number of fused-ring (bicyclic) bond motifs is 1. The van der Waals surface area contributed by atoms with E-state index in [1.54, 1.807) is 16.7 Å². The summed E-state index contributed by atoms with van der Waals surface area (Å²) in [6, 6.07) is 19.1. The third-order valence-electron chi connectivity index (χ3n) is 5.29. The number of aryl methyl sites for hydroxylation is 1. The van der Waals surface area contributed by atoms with E-state index < -0.39 is 0 Å². The van der Waals surface area contributed by atoms with E-state index in [-0.39, 0.29) is 0 Å². The predicted octanol–water partition coefficient (Wildman–Crippen LogP) is 4.00. The van der Waals surface area contributed by atoms with Crippen molar-refractivity contribution in [2.75, 3.05) is 0 Å². The summed E-state index contributed by atoms with van der Waals surface area (Å²) in [7, 11) is 0. The topological polar surface area (TPSA) is 12.0 Å². The molecular weight excluding hydrogens is 254 g/mol. The third kappa shape index (κ3) is 2.51. The smallest absolute Gasteiger partial charge is 0.0151 e. The van der Waals surface area contributed by atoms with Gasteiger partial charge in [-0.2, -0.15) is 0 Å². The molecule has 0 radical (unpaired) electrons. The van der Waals surface area contributed by atoms with E-state index in [0.29, 0.717) is 12.1 Å². The summed E-state index contributed by atoms with van der Waals surface area (Å²) in [5.41, 5.74) is 6.11. The maximum atomic E-state index is 3.88. The van der Waals surface area contributed by atoms with Crippen molar-refractivity contribution in [3.63, 3.8) is 0 Å². The third-order valence-corrected chi connectivity index (χ3v) is 5.29. The molecule has 0 spiro atoms. The molecule has 0 unspecified atom stereocenters. The van der Waals surface area contributed by atoms with Crippen LogP contribution in [0.4, 0.5) is 0 Å². The zero-order chi connectivity index (χ0) is 14.2. The van der Waals surface area contributed by atoms with Gasteiger partial charge in [0.2, 0.25) is 0 Å². The van der Waals surface area contributed by atoms with Crippen LogP contribution in [0, 0.1) is 6.92 Å². The van der Waals surface area contributed by atoms with Crippen LogP contribution in [0.3, 0.4) is 0 Å². The first-order chi connectivity index (χ1) is 10.3. The van der Waals surface area contributed by atoms with E-state index in [1.807, 2.05) is 0 Å². The minimum absolute atomic E-state index is 0.658. The molecule has 0 saturated heterocycles. The second-order valence-corrected chi connectivity index (χ2v) is 6.76. The molecule has 4 rings (SSSR count). The minimum Gasteiger partial charge on any atom is -0.311 e. The van der Waals surface area contributed by atoms with Gasteiger partial charge in [0.1, 0.15) is 0 Å². The Morgan fingerprint density at radius 3 is 2.10 bits per heavy atom. The molecule has 0 aliphatic heterocycles. The Balaban J connectivity index is 1.33. The van der Waals surface area contributed by atoms with Crippen LogP contribution in [-0.2, 0) is 12.8 Å². The molecule has 2 aliphatic rings. The van der Waals surface area contributed by atoms with E-state index >= 15 is 0 Å². The molecule has 2 aromatic carbocycles. The fraction of sp³-hybridized carbons (Fsp3) is 0.400. The molecule has 21 heavy (non-hydrogen) atoms. The van der Waals surface area contributed by atoms with Gasteiger partial charge in [-0.25, -0.2) is 0 Å². The van der Waals surface area contributed by atoms with Gasteiger partial charge in [-0.3, -0.25) is 0 Å². The Labute approximate surface area is 127 Å². The molecule has 0 amide bonds. The lowest BCUT2D eigenvalue weighted by atomic mass is 9.74. The average molecular weight is 277 g/mol. The number of hydrogen-bond acceptors (Lipinski definition) is 1. The van der Waals surface area contributed by atoms with Crippen molar-refractivity contribution in [2.45, 2.75) is 50.6 Å². The Bertz CT molecular complexity index is 615. The molecule has 1 fully saturated rings. The van der Waals surface area contributed by atoms with Crippen LogP contribution in [0.25, 0.3) is 0 Å². The standard InChI is InChI=1S/C20H23N/c1-14-6-2-5-9-20(14)17-12-19(13-17)21-18-10-15-7-3-4-8-16(15)11-18/h2-9,17-19,21H,10-13H2,1H3. The largest absolute Gasteiger partial charge is 0.311 e. The lowest BCUT2D eigenvalue weighted by Crippen LogP contribution is -2.46. The Morgan fingerprint density at radius 2 is 1.43 bits per heavy atom. The van der Waals surface area contributed by atoms with Crippen LogP contribution in [0.2, 0.25) is 0 Å². The van der Waals surface area contributed by atoms with Gasteiger partial charge >= 0.3 is 0 Å². The van der Waals surface area contributed by atoms with Crippen molar-refractivity contribution in [3.8, 4) is 0 Å². The number of nitrogens with one attached hydrogen (secondary N) is 1. The van der Waals surface area contributed by atoms with Gasteiger partial charge < -0.3 is 5.32 Å². The van der Waals surface area contributed by atoms with Gasteiger partial charge in [0, 0.05) is 12.1 Å². The lowest BCUT2D eigenvalue weighted by Gasteiger charge is -2.38. The summed E-state index contributed by atoms with van der Waals surface area (Å²) < 4.78 is 0. The summed E-state index contributed by atoms with van der Waals surface area (Å²) >= 11 is 0. The highest BCUT2D eigenvalue weighted by Gasteiger charge is 2.33. The first-order valence-corrected chi connectivity index (χ1v) is 8.18. The van der Waals surface area contributed by atoms with Crippen LogP contribution >= 0.6 is 0 Å². The maximum Gasteiger partial charge on any atom is 0.0151 e. The van der Waals surface area contributed by atoms with Crippen LogP contribution in [-0.4, -0.2) is 12.1 Å². The van der Waals surface area contributed by atoms with E-state index in [9.17, 15) is 0 Å². The summed E-state index contributed by atoms with van der Waals surface area (Å²) in [6.45, 7) is 2.24. The highest BCUT2D eigenvalue weighted by atomic mass is 15.0. The molecule has 108 valence electrons. The van der Waals surface area contributed by atoms with E-state index in [4.69, 9.17) is 0 Å². The van der Waals surface area contributed by atoms with Gasteiger partial charge in [-0.1, -0.05) is 48.5 Å². The molecule has 1 heteroatoms. The quantitative estimate of drug-likeness (QED) is 0.894. The second kappa shape index (κ2) is 5.31. The highest BCUT2D eigenvalue weighted by Crippen LogP contribution is 2.39. The number of benzene rings is 2. The van der Waals surface area contributed by atoms with Crippen LogP contribution in [0.1, 0.15) is 41.0 Å². The molecule has 1 nitrogen and oxygen atoms in total.